The Kier molecular flexibility index (Phi) is 12.7. The van der Waals surface area contributed by atoms with Gasteiger partial charge < -0.3 is 9.47 Å². The predicted molar refractivity (Wildman–Crippen MR) is 226 cm³/mol. The molecule has 8 heterocycles. The normalized spacial score (nSPS) is 11.7. The SMILES string of the molecule is Cc1ncc(-n2c3c(cc(-c4cccc(F)c4C#N)c2=O)-c2ncccc2OC3)cn1.Cc1ncc(-n2c3c(cc(Br)c2=O)-c2ncccc2OC3)cn1.I[I-]I. The Balaban J connectivity index is 0.000000169. The zero-order valence-corrected chi connectivity index (χ0v) is 37.7. The summed E-state index contributed by atoms with van der Waals surface area (Å²) in [5.74, 6) is 1.79. The average molecular weight is 1160 g/mol. The van der Waals surface area contributed by atoms with Gasteiger partial charge in [0, 0.05) is 34.6 Å². The Morgan fingerprint density at radius 1 is 0.719 bits per heavy atom. The van der Waals surface area contributed by atoms with Crippen molar-refractivity contribution in [2.45, 2.75) is 27.1 Å². The molecule has 0 amide bonds. The van der Waals surface area contributed by atoms with Crippen molar-refractivity contribution in [3.8, 4) is 62.6 Å². The number of ether oxygens (including phenoxy) is 2. The number of rotatable bonds is 3. The molecule has 9 rings (SSSR count). The minimum atomic E-state index is -0.691. The topological polar surface area (TPSA) is 164 Å². The molecule has 0 bridgehead atoms. The van der Waals surface area contributed by atoms with Gasteiger partial charge in [0.1, 0.15) is 59.6 Å². The molecule has 0 aliphatic carbocycles. The van der Waals surface area contributed by atoms with Crippen LogP contribution in [0, 0.1) is 31.0 Å². The van der Waals surface area contributed by atoms with Crippen molar-refractivity contribution in [3.63, 3.8) is 0 Å². The van der Waals surface area contributed by atoms with Crippen molar-refractivity contribution >= 4 is 53.2 Å². The van der Waals surface area contributed by atoms with Crippen LogP contribution in [-0.2, 0) is 13.2 Å². The molecular weight excluding hydrogens is 1140 g/mol. The number of pyridine rings is 4. The van der Waals surface area contributed by atoms with E-state index in [0.717, 1.165) is 17.0 Å². The summed E-state index contributed by atoms with van der Waals surface area (Å²) in [5, 5.41) is 9.51. The number of nitrogens with zero attached hydrogens (tertiary/aromatic N) is 9. The number of aromatic nitrogens is 8. The first-order chi connectivity index (χ1) is 27.6. The molecule has 0 saturated carbocycles. The summed E-state index contributed by atoms with van der Waals surface area (Å²) in [6.07, 6.45) is 9.67. The zero-order valence-electron chi connectivity index (χ0n) is 29.6. The molecule has 0 spiro atoms. The summed E-state index contributed by atoms with van der Waals surface area (Å²) in [6.45, 7) is 3.95. The van der Waals surface area contributed by atoms with E-state index in [2.05, 4.69) is 83.1 Å². The first kappa shape index (κ1) is 40.5. The number of aryl methyl sites for hydroxylation is 2. The standard InChI is InChI=1S/C23H14FN5O2.C16H11BrN4O2.I3/c1-13-27-10-14(11-28-13)29-20-12-31-21-6-3-7-26-22(21)17(20)8-16(23(29)30)15-4-2-5-19(24)18(15)9-25;1-9-19-6-10(7-20-9)21-13-8-23-14-3-2-4-18-15(14)11(13)5-12(17)16(21)22;1-3-2/h2-8,10-11H,12H2,1H3;2-7H,8H2,1H3;/q;;-1. The summed E-state index contributed by atoms with van der Waals surface area (Å²) in [4.78, 5) is 51.8. The van der Waals surface area contributed by atoms with Gasteiger partial charge in [-0.05, 0) is 72.2 Å². The number of nitriles is 1. The Morgan fingerprint density at radius 2 is 1.21 bits per heavy atom. The molecule has 0 N–H and O–H groups in total. The van der Waals surface area contributed by atoms with E-state index in [0.29, 0.717) is 69.2 Å². The van der Waals surface area contributed by atoms with Crippen LogP contribution in [0.4, 0.5) is 4.39 Å². The quantitative estimate of drug-likeness (QED) is 0.219. The second kappa shape index (κ2) is 17.8. The van der Waals surface area contributed by atoms with E-state index in [1.54, 1.807) is 85.9 Å². The summed E-state index contributed by atoms with van der Waals surface area (Å²) >= 11 is 8.65. The van der Waals surface area contributed by atoms with Gasteiger partial charge in [-0.2, -0.15) is 5.26 Å². The molecule has 0 unspecified atom stereocenters. The molecule has 0 atom stereocenters. The molecule has 0 fully saturated rings. The first-order valence-corrected chi connectivity index (χ1v) is 30.0. The molecular formula is C39H25BrFI3N9O4-. The number of fused-ring (bicyclic) bond motifs is 6. The van der Waals surface area contributed by atoms with Crippen molar-refractivity contribution in [1.29, 1.82) is 5.26 Å². The molecule has 2 aliphatic rings. The van der Waals surface area contributed by atoms with Crippen LogP contribution in [-0.4, -0.2) is 39.0 Å². The Morgan fingerprint density at radius 3 is 1.72 bits per heavy atom. The van der Waals surface area contributed by atoms with Crippen LogP contribution in [0.1, 0.15) is 28.6 Å². The monoisotopic (exact) mass is 1160 g/mol. The summed E-state index contributed by atoms with van der Waals surface area (Å²) in [7, 11) is 0. The van der Waals surface area contributed by atoms with Crippen LogP contribution in [0.5, 0.6) is 11.5 Å². The van der Waals surface area contributed by atoms with Gasteiger partial charge in [-0.15, -0.1) is 0 Å². The number of hydrogen-bond acceptors (Lipinski definition) is 11. The van der Waals surface area contributed by atoms with Crippen molar-refractivity contribution in [1.82, 2.24) is 39.0 Å². The molecule has 1 aromatic carbocycles. The molecule has 286 valence electrons. The maximum atomic E-state index is 14.3. The second-order valence-corrected chi connectivity index (χ2v) is 29.2. The fourth-order valence-electron chi connectivity index (χ4n) is 6.28. The van der Waals surface area contributed by atoms with E-state index >= 15 is 0 Å². The van der Waals surface area contributed by atoms with Crippen LogP contribution < -0.4 is 33.8 Å². The van der Waals surface area contributed by atoms with E-state index in [1.807, 2.05) is 18.2 Å². The molecule has 13 nitrogen and oxygen atoms in total. The molecule has 7 aromatic rings. The van der Waals surface area contributed by atoms with Crippen molar-refractivity contribution in [3.05, 3.63) is 151 Å². The van der Waals surface area contributed by atoms with Crippen LogP contribution in [0.25, 0.3) is 45.0 Å². The minimum absolute atomic E-state index is 0.131. The Labute approximate surface area is 362 Å². The van der Waals surface area contributed by atoms with Gasteiger partial charge in [0.05, 0.1) is 57.6 Å². The number of halogens is 5. The molecule has 0 radical (unpaired) electrons. The number of benzene rings is 1. The Bertz CT molecular complexity index is 2820. The van der Waals surface area contributed by atoms with Crippen molar-refractivity contribution in [2.75, 3.05) is 0 Å². The summed E-state index contributed by atoms with van der Waals surface area (Å²) in [6, 6.07) is 16.8. The van der Waals surface area contributed by atoms with Gasteiger partial charge in [0.15, 0.2) is 0 Å². The Hall–Kier alpha value is -4.73. The van der Waals surface area contributed by atoms with Gasteiger partial charge in [-0.25, -0.2) is 24.3 Å². The molecule has 18 heteroatoms. The fourth-order valence-corrected chi connectivity index (χ4v) is 6.69. The average Bonchev–Trinajstić information content (AvgIpc) is 3.22. The molecule has 57 heavy (non-hydrogen) atoms. The second-order valence-electron chi connectivity index (χ2n) is 12.1. The molecule has 0 saturated heterocycles. The van der Waals surface area contributed by atoms with Gasteiger partial charge in [0.2, 0.25) is 0 Å². The van der Waals surface area contributed by atoms with E-state index in [-0.39, 0.29) is 35.5 Å². The van der Waals surface area contributed by atoms with Crippen LogP contribution in [0.3, 0.4) is 0 Å². The summed E-state index contributed by atoms with van der Waals surface area (Å²) < 4.78 is 29.4. The van der Waals surface area contributed by atoms with Gasteiger partial charge in [-0.3, -0.25) is 28.7 Å². The predicted octanol–water partition coefficient (Wildman–Crippen LogP) is 5.00. The zero-order chi connectivity index (χ0) is 40.2. The number of hydrogen-bond donors (Lipinski definition) is 0. The third kappa shape index (κ3) is 8.19. The van der Waals surface area contributed by atoms with Crippen LogP contribution >= 0.6 is 53.2 Å². The molecule has 6 aromatic heterocycles. The maximum absolute atomic E-state index is 14.3. The van der Waals surface area contributed by atoms with E-state index in [9.17, 15) is 19.2 Å². The van der Waals surface area contributed by atoms with Gasteiger partial charge in [0.25, 0.3) is 11.1 Å². The fraction of sp³-hybridized carbons (Fsp3) is 0.103. The first-order valence-electron chi connectivity index (χ1n) is 16.7. The van der Waals surface area contributed by atoms with Gasteiger partial charge in [-0.1, -0.05) is 12.1 Å². The summed E-state index contributed by atoms with van der Waals surface area (Å²) in [5.41, 5.74) is 4.71. The van der Waals surface area contributed by atoms with E-state index in [1.165, 1.54) is 16.7 Å². The molecule has 2 aliphatic heterocycles. The van der Waals surface area contributed by atoms with Crippen molar-refractivity contribution < 1.29 is 27.1 Å². The van der Waals surface area contributed by atoms with Crippen LogP contribution in [0.2, 0.25) is 0 Å². The van der Waals surface area contributed by atoms with Crippen LogP contribution in [0.15, 0.2) is 106 Å². The van der Waals surface area contributed by atoms with Crippen molar-refractivity contribution in [2.24, 2.45) is 0 Å². The van der Waals surface area contributed by atoms with E-state index < -0.39 is 11.4 Å². The van der Waals surface area contributed by atoms with Gasteiger partial charge >= 0.3 is 50.5 Å². The van der Waals surface area contributed by atoms with E-state index in [4.69, 9.17) is 9.47 Å². The third-order valence-electron chi connectivity index (χ3n) is 8.81. The third-order valence-corrected chi connectivity index (χ3v) is 9.38.